The van der Waals surface area contributed by atoms with E-state index in [9.17, 15) is 14.7 Å². The van der Waals surface area contributed by atoms with Crippen LogP contribution in [0.25, 0.3) is 0 Å². The summed E-state index contributed by atoms with van der Waals surface area (Å²) in [4.78, 5) is 26.3. The molecule has 2 aliphatic carbocycles. The quantitative estimate of drug-likeness (QED) is 0.366. The number of phenols is 1. The highest BCUT2D eigenvalue weighted by atomic mass is 16.6. The number of ether oxygens (including phenoxy) is 3. The number of likely N-dealkylation sites (tertiary alicyclic amines) is 1. The van der Waals surface area contributed by atoms with E-state index in [4.69, 9.17) is 9.47 Å². The molecule has 2 bridgehead atoms. The number of esters is 2. The molecule has 1 fully saturated rings. The molecule has 1 N–H and O–H groups in total. The molecule has 7 nitrogen and oxygen atoms in total. The molecule has 1 aromatic carbocycles. The molecule has 1 spiro atoms. The molecule has 0 unspecified atom stereocenters. The summed E-state index contributed by atoms with van der Waals surface area (Å²) in [5, 5.41) is 10.6. The van der Waals surface area contributed by atoms with Crippen LogP contribution in [0.1, 0.15) is 56.1 Å². The van der Waals surface area contributed by atoms with Crippen molar-refractivity contribution >= 4 is 11.9 Å². The molecule has 7 heteroatoms. The molecule has 0 aromatic heterocycles. The summed E-state index contributed by atoms with van der Waals surface area (Å²) < 4.78 is 17.0. The Hall–Kier alpha value is -2.54. The second-order valence-corrected chi connectivity index (χ2v) is 9.88. The molecule has 1 saturated heterocycles. The predicted octanol–water partition coefficient (Wildman–Crippen LogP) is 3.26. The van der Waals surface area contributed by atoms with E-state index in [1.165, 1.54) is 12.7 Å². The van der Waals surface area contributed by atoms with E-state index in [-0.39, 0.29) is 35.1 Å². The van der Waals surface area contributed by atoms with Crippen LogP contribution in [0.3, 0.4) is 0 Å². The zero-order valence-electron chi connectivity index (χ0n) is 19.4. The molecular weight excluding hydrogens is 422 g/mol. The second kappa shape index (κ2) is 8.67. The number of hydrogen-bond acceptors (Lipinski definition) is 7. The van der Waals surface area contributed by atoms with Gasteiger partial charge in [-0.2, -0.15) is 0 Å². The Morgan fingerprint density at radius 2 is 1.91 bits per heavy atom. The van der Waals surface area contributed by atoms with Crippen LogP contribution in [-0.2, 0) is 30.9 Å². The van der Waals surface area contributed by atoms with Gasteiger partial charge in [-0.1, -0.05) is 25.0 Å². The third-order valence-corrected chi connectivity index (χ3v) is 8.14. The molecule has 33 heavy (non-hydrogen) atoms. The molecule has 4 aliphatic rings. The average Bonchev–Trinajstić information content (AvgIpc) is 3.16. The Balaban J connectivity index is 1.27. The molecule has 0 saturated carbocycles. The molecule has 2 aliphatic heterocycles. The highest BCUT2D eigenvalue weighted by Crippen LogP contribution is 2.62. The Labute approximate surface area is 194 Å². The van der Waals surface area contributed by atoms with Gasteiger partial charge in [-0.3, -0.25) is 9.59 Å². The number of nitrogens with zero attached hydrogens (tertiary/aromatic N) is 1. The number of likely N-dealkylation sites (N-methyl/N-ethyl adjacent to an activating group) is 1. The number of methoxy groups -OCH3 is 1. The van der Waals surface area contributed by atoms with Crippen LogP contribution >= 0.6 is 0 Å². The molecule has 5 atom stereocenters. The number of carbonyl (C=O) groups excluding carboxylic acids is 2. The van der Waals surface area contributed by atoms with Crippen LogP contribution in [-0.4, -0.2) is 60.9 Å². The summed E-state index contributed by atoms with van der Waals surface area (Å²) in [5.41, 5.74) is 2.12. The number of carbonyl (C=O) groups is 2. The van der Waals surface area contributed by atoms with Crippen molar-refractivity contribution in [3.8, 4) is 11.5 Å². The Morgan fingerprint density at radius 1 is 1.15 bits per heavy atom. The number of aromatic hydroxyl groups is 1. The van der Waals surface area contributed by atoms with Crippen molar-refractivity contribution in [2.45, 2.75) is 75.0 Å². The first-order chi connectivity index (χ1) is 16.0. The number of benzene rings is 1. The van der Waals surface area contributed by atoms with E-state index in [1.54, 1.807) is 6.07 Å². The van der Waals surface area contributed by atoms with E-state index >= 15 is 0 Å². The van der Waals surface area contributed by atoms with Crippen LogP contribution < -0.4 is 4.74 Å². The highest BCUT2D eigenvalue weighted by Gasteiger charge is 2.65. The van der Waals surface area contributed by atoms with Gasteiger partial charge >= 0.3 is 11.9 Å². The van der Waals surface area contributed by atoms with Crippen molar-refractivity contribution in [1.29, 1.82) is 0 Å². The van der Waals surface area contributed by atoms with Crippen molar-refractivity contribution < 1.29 is 28.9 Å². The van der Waals surface area contributed by atoms with E-state index in [0.29, 0.717) is 24.6 Å². The maximum Gasteiger partial charge on any atom is 0.306 e. The monoisotopic (exact) mass is 455 g/mol. The number of phenolic OH excluding ortho intramolecular Hbond substituents is 1. The maximum atomic E-state index is 12.7. The first kappa shape index (κ1) is 22.3. The number of rotatable bonds is 8. The Kier molecular flexibility index (Phi) is 5.85. The largest absolute Gasteiger partial charge is 0.504 e. The highest BCUT2D eigenvalue weighted by molar-refractivity contribution is 5.70. The minimum Gasteiger partial charge on any atom is -0.504 e. The Bertz CT molecular complexity index is 974. The molecule has 5 rings (SSSR count). The smallest absolute Gasteiger partial charge is 0.306 e. The third kappa shape index (κ3) is 3.61. The van der Waals surface area contributed by atoms with Gasteiger partial charge in [0.2, 0.25) is 0 Å². The summed E-state index contributed by atoms with van der Waals surface area (Å²) in [5.74, 6) is 0.617. The van der Waals surface area contributed by atoms with E-state index in [2.05, 4.69) is 22.8 Å². The minimum atomic E-state index is -0.463. The normalized spacial score (nSPS) is 31.0. The SMILES string of the molecule is COC(=O)CCCCCCC(=O)O[C@H]1C=C[C@H]2[C@H]3Cc4ccc(O)c5c4[C@@]2(CCN3C)[C@H]1O5. The standard InChI is InChI=1S/C26H33NO6/c1-27-14-13-26-17-10-12-20(32-22(30)8-6-4-3-5-7-21(29)31-2)25(26)33-24-19(28)11-9-16(23(24)26)15-18(17)27/h9-12,17-18,20,25,28H,3-8,13-15H2,1-2H3/t17-,18+,20-,25-,26-/m0/s1. The van der Waals surface area contributed by atoms with Crippen molar-refractivity contribution in [1.82, 2.24) is 4.90 Å². The van der Waals surface area contributed by atoms with Crippen molar-refractivity contribution in [3.63, 3.8) is 0 Å². The number of hydrogen-bond donors (Lipinski definition) is 1. The summed E-state index contributed by atoms with van der Waals surface area (Å²) >= 11 is 0. The molecule has 0 amide bonds. The minimum absolute atomic E-state index is 0.172. The summed E-state index contributed by atoms with van der Waals surface area (Å²) in [7, 11) is 3.58. The molecule has 2 heterocycles. The van der Waals surface area contributed by atoms with E-state index in [1.807, 2.05) is 12.1 Å². The number of piperidine rings is 1. The van der Waals surface area contributed by atoms with Gasteiger partial charge in [0.1, 0.15) is 6.10 Å². The fourth-order valence-corrected chi connectivity index (χ4v) is 6.53. The second-order valence-electron chi connectivity index (χ2n) is 9.88. The van der Waals surface area contributed by atoms with Crippen LogP contribution in [0.5, 0.6) is 11.5 Å². The van der Waals surface area contributed by atoms with Crippen LogP contribution in [0.2, 0.25) is 0 Å². The van der Waals surface area contributed by atoms with Crippen molar-refractivity contribution in [2.75, 3.05) is 20.7 Å². The topological polar surface area (TPSA) is 85.3 Å². The third-order valence-electron chi connectivity index (χ3n) is 8.14. The van der Waals surface area contributed by atoms with Crippen LogP contribution in [0.15, 0.2) is 24.3 Å². The molecular formula is C26H33NO6. The van der Waals surface area contributed by atoms with E-state index in [0.717, 1.165) is 50.6 Å². The van der Waals surface area contributed by atoms with Gasteiger partial charge in [-0.05, 0) is 57.0 Å². The lowest BCUT2D eigenvalue weighted by molar-refractivity contribution is -0.155. The zero-order chi connectivity index (χ0) is 23.2. The average molecular weight is 456 g/mol. The summed E-state index contributed by atoms with van der Waals surface area (Å²) in [6, 6.07) is 4.14. The van der Waals surface area contributed by atoms with Gasteiger partial charge in [0.15, 0.2) is 17.6 Å². The number of unbranched alkanes of at least 4 members (excludes halogenated alkanes) is 3. The van der Waals surface area contributed by atoms with E-state index < -0.39 is 6.10 Å². The van der Waals surface area contributed by atoms with Crippen molar-refractivity contribution in [3.05, 3.63) is 35.4 Å². The predicted molar refractivity (Wildman–Crippen MR) is 121 cm³/mol. The van der Waals surface area contributed by atoms with Crippen molar-refractivity contribution in [2.24, 2.45) is 5.92 Å². The first-order valence-electron chi connectivity index (χ1n) is 12.1. The van der Waals surface area contributed by atoms with Gasteiger partial charge in [0.25, 0.3) is 0 Å². The van der Waals surface area contributed by atoms with Crippen LogP contribution in [0, 0.1) is 5.92 Å². The summed E-state index contributed by atoms with van der Waals surface area (Å²) in [6.45, 7) is 0.954. The molecule has 178 valence electrons. The van der Waals surface area contributed by atoms with Gasteiger partial charge in [0.05, 0.1) is 7.11 Å². The van der Waals surface area contributed by atoms with Gasteiger partial charge in [-0.15, -0.1) is 0 Å². The summed E-state index contributed by atoms with van der Waals surface area (Å²) in [6.07, 6.45) is 9.33. The Morgan fingerprint density at radius 3 is 2.67 bits per heavy atom. The fraction of sp³-hybridized carbons (Fsp3) is 0.615. The molecule has 0 radical (unpaired) electrons. The van der Waals surface area contributed by atoms with Gasteiger partial charge < -0.3 is 24.2 Å². The van der Waals surface area contributed by atoms with Gasteiger partial charge in [-0.25, -0.2) is 0 Å². The molecule has 1 aromatic rings. The first-order valence-corrected chi connectivity index (χ1v) is 12.1. The lowest BCUT2D eigenvalue weighted by Crippen LogP contribution is -2.65. The van der Waals surface area contributed by atoms with Crippen LogP contribution in [0.4, 0.5) is 0 Å². The maximum absolute atomic E-state index is 12.7. The van der Waals surface area contributed by atoms with Gasteiger partial charge in [0, 0.05) is 35.8 Å². The zero-order valence-corrected chi connectivity index (χ0v) is 19.4. The lowest BCUT2D eigenvalue weighted by Gasteiger charge is -2.56. The lowest BCUT2D eigenvalue weighted by atomic mass is 9.53. The fourth-order valence-electron chi connectivity index (χ4n) is 6.53.